The summed E-state index contributed by atoms with van der Waals surface area (Å²) in [7, 11) is -3.67. The first kappa shape index (κ1) is 18.0. The van der Waals surface area contributed by atoms with Crippen LogP contribution in [-0.4, -0.2) is 27.4 Å². The summed E-state index contributed by atoms with van der Waals surface area (Å²) in [6.07, 6.45) is 0.612. The lowest BCUT2D eigenvalue weighted by atomic mass is 10.1. The number of amides is 1. The molecule has 0 spiro atoms. The highest BCUT2D eigenvalue weighted by atomic mass is 32.2. The van der Waals surface area contributed by atoms with Crippen molar-refractivity contribution in [2.75, 3.05) is 18.4 Å². The molecule has 0 radical (unpaired) electrons. The molecule has 0 bridgehead atoms. The fourth-order valence-corrected chi connectivity index (χ4v) is 2.72. The number of primary sulfonamides is 1. The second kappa shape index (κ2) is 7.94. The maximum Gasteiger partial charge on any atom is 0.239 e. The molecular formula is C17H21N3O3S. The quantitative estimate of drug-likeness (QED) is 0.705. The molecule has 128 valence electrons. The van der Waals surface area contributed by atoms with Gasteiger partial charge in [0.1, 0.15) is 0 Å². The number of hydrogen-bond donors (Lipinski definition) is 3. The second-order valence-electron chi connectivity index (χ2n) is 5.46. The number of carbonyl (C=O) groups excluding carboxylic acids is 1. The van der Waals surface area contributed by atoms with Crippen molar-refractivity contribution in [1.82, 2.24) is 5.32 Å². The average molecular weight is 347 g/mol. The highest BCUT2D eigenvalue weighted by Gasteiger charge is 2.07. The van der Waals surface area contributed by atoms with Crippen LogP contribution in [0.5, 0.6) is 0 Å². The molecule has 0 saturated carbocycles. The van der Waals surface area contributed by atoms with Gasteiger partial charge in [0.05, 0.1) is 11.4 Å². The Labute approximate surface area is 142 Å². The standard InChI is InChI=1S/C17H21N3O3S/c1-13-4-2-3-5-16(13)20-12-17(21)19-11-10-14-6-8-15(9-7-14)24(18,22)23/h2-9,20H,10-12H2,1H3,(H,19,21)(H2,18,22,23). The zero-order chi connectivity index (χ0) is 17.6. The number of benzene rings is 2. The minimum Gasteiger partial charge on any atom is -0.376 e. The molecule has 2 aromatic rings. The molecule has 24 heavy (non-hydrogen) atoms. The number of aryl methyl sites for hydroxylation is 1. The fourth-order valence-electron chi connectivity index (χ4n) is 2.20. The van der Waals surface area contributed by atoms with Gasteiger partial charge in [-0.15, -0.1) is 0 Å². The van der Waals surface area contributed by atoms with Gasteiger partial charge in [-0.1, -0.05) is 30.3 Å². The number of anilines is 1. The van der Waals surface area contributed by atoms with E-state index >= 15 is 0 Å². The van der Waals surface area contributed by atoms with Crippen LogP contribution >= 0.6 is 0 Å². The van der Waals surface area contributed by atoms with Gasteiger partial charge < -0.3 is 10.6 Å². The predicted molar refractivity (Wildman–Crippen MR) is 94.2 cm³/mol. The van der Waals surface area contributed by atoms with Gasteiger partial charge in [-0.2, -0.15) is 0 Å². The van der Waals surface area contributed by atoms with Crippen molar-refractivity contribution < 1.29 is 13.2 Å². The molecule has 0 fully saturated rings. The maximum atomic E-state index is 11.8. The van der Waals surface area contributed by atoms with E-state index in [1.54, 1.807) is 12.1 Å². The van der Waals surface area contributed by atoms with Crippen molar-refractivity contribution in [3.8, 4) is 0 Å². The molecule has 2 rings (SSSR count). The normalized spacial score (nSPS) is 11.1. The largest absolute Gasteiger partial charge is 0.376 e. The monoisotopic (exact) mass is 347 g/mol. The summed E-state index contributed by atoms with van der Waals surface area (Å²) in [4.78, 5) is 11.9. The van der Waals surface area contributed by atoms with Crippen LogP contribution in [0.4, 0.5) is 5.69 Å². The van der Waals surface area contributed by atoms with Gasteiger partial charge in [0, 0.05) is 12.2 Å². The Bertz CT molecular complexity index is 802. The predicted octanol–water partition coefficient (Wildman–Crippen LogP) is 1.41. The Balaban J connectivity index is 1.75. The van der Waals surface area contributed by atoms with Crippen LogP contribution in [0.2, 0.25) is 0 Å². The SMILES string of the molecule is Cc1ccccc1NCC(=O)NCCc1ccc(S(N)(=O)=O)cc1. The molecule has 7 heteroatoms. The van der Waals surface area contributed by atoms with E-state index in [2.05, 4.69) is 10.6 Å². The van der Waals surface area contributed by atoms with E-state index in [1.807, 2.05) is 31.2 Å². The molecule has 0 aliphatic carbocycles. The summed E-state index contributed by atoms with van der Waals surface area (Å²) < 4.78 is 22.3. The summed E-state index contributed by atoms with van der Waals surface area (Å²) >= 11 is 0. The van der Waals surface area contributed by atoms with Gasteiger partial charge in [-0.3, -0.25) is 4.79 Å². The van der Waals surface area contributed by atoms with Gasteiger partial charge in [0.15, 0.2) is 0 Å². The number of carbonyl (C=O) groups is 1. The Morgan fingerprint density at radius 3 is 2.38 bits per heavy atom. The number of sulfonamides is 1. The van der Waals surface area contributed by atoms with Gasteiger partial charge in [0.25, 0.3) is 0 Å². The molecule has 6 nitrogen and oxygen atoms in total. The summed E-state index contributed by atoms with van der Waals surface area (Å²) in [6, 6.07) is 14.1. The number of nitrogens with two attached hydrogens (primary N) is 1. The molecular weight excluding hydrogens is 326 g/mol. The van der Waals surface area contributed by atoms with Crippen molar-refractivity contribution in [2.24, 2.45) is 5.14 Å². The molecule has 0 aliphatic rings. The first-order valence-corrected chi connectivity index (χ1v) is 9.09. The van der Waals surface area contributed by atoms with Gasteiger partial charge >= 0.3 is 0 Å². The highest BCUT2D eigenvalue weighted by Crippen LogP contribution is 2.12. The Morgan fingerprint density at radius 1 is 1.08 bits per heavy atom. The van der Waals surface area contributed by atoms with Gasteiger partial charge in [0.2, 0.25) is 15.9 Å². The van der Waals surface area contributed by atoms with E-state index < -0.39 is 10.0 Å². The van der Waals surface area contributed by atoms with E-state index in [0.29, 0.717) is 13.0 Å². The van der Waals surface area contributed by atoms with Crippen LogP contribution in [0.25, 0.3) is 0 Å². The lowest BCUT2D eigenvalue weighted by Crippen LogP contribution is -2.31. The molecule has 0 aromatic heterocycles. The van der Waals surface area contributed by atoms with Crippen LogP contribution in [-0.2, 0) is 21.2 Å². The lowest BCUT2D eigenvalue weighted by Gasteiger charge is -2.10. The number of para-hydroxylation sites is 1. The Hall–Kier alpha value is -2.38. The summed E-state index contributed by atoms with van der Waals surface area (Å²) in [5, 5.41) is 11.0. The third-order valence-electron chi connectivity index (χ3n) is 3.57. The summed E-state index contributed by atoms with van der Waals surface area (Å²) in [6.45, 7) is 2.66. The summed E-state index contributed by atoms with van der Waals surface area (Å²) in [5.41, 5.74) is 2.95. The van der Waals surface area contributed by atoms with Crippen LogP contribution in [0.3, 0.4) is 0 Å². The molecule has 1 amide bonds. The molecule has 4 N–H and O–H groups in total. The van der Waals surface area contributed by atoms with Crippen LogP contribution < -0.4 is 15.8 Å². The number of nitrogens with one attached hydrogen (secondary N) is 2. The first-order valence-electron chi connectivity index (χ1n) is 7.54. The molecule has 0 saturated heterocycles. The molecule has 0 unspecified atom stereocenters. The third-order valence-corrected chi connectivity index (χ3v) is 4.50. The van der Waals surface area contributed by atoms with E-state index in [1.165, 1.54) is 12.1 Å². The minimum atomic E-state index is -3.67. The molecule has 0 atom stereocenters. The Kier molecular flexibility index (Phi) is 5.94. The van der Waals surface area contributed by atoms with E-state index in [9.17, 15) is 13.2 Å². The summed E-state index contributed by atoms with van der Waals surface area (Å²) in [5.74, 6) is -0.0978. The van der Waals surface area contributed by atoms with Crippen molar-refractivity contribution in [1.29, 1.82) is 0 Å². The van der Waals surface area contributed by atoms with E-state index in [4.69, 9.17) is 5.14 Å². The van der Waals surface area contributed by atoms with Crippen molar-refractivity contribution >= 4 is 21.6 Å². The zero-order valence-electron chi connectivity index (χ0n) is 13.5. The average Bonchev–Trinajstić information content (AvgIpc) is 2.54. The topological polar surface area (TPSA) is 101 Å². The maximum absolute atomic E-state index is 11.8. The van der Waals surface area contributed by atoms with Crippen molar-refractivity contribution in [3.05, 3.63) is 59.7 Å². The third kappa shape index (κ3) is 5.36. The Morgan fingerprint density at radius 2 is 1.75 bits per heavy atom. The van der Waals surface area contributed by atoms with Crippen molar-refractivity contribution in [2.45, 2.75) is 18.2 Å². The van der Waals surface area contributed by atoms with Gasteiger partial charge in [-0.05, 0) is 42.7 Å². The van der Waals surface area contributed by atoms with E-state index in [-0.39, 0.29) is 17.3 Å². The smallest absolute Gasteiger partial charge is 0.239 e. The lowest BCUT2D eigenvalue weighted by molar-refractivity contribution is -0.119. The van der Waals surface area contributed by atoms with Gasteiger partial charge in [-0.25, -0.2) is 13.6 Å². The van der Waals surface area contributed by atoms with Crippen LogP contribution in [0.1, 0.15) is 11.1 Å². The van der Waals surface area contributed by atoms with Crippen molar-refractivity contribution in [3.63, 3.8) is 0 Å². The molecule has 0 heterocycles. The number of rotatable bonds is 7. The zero-order valence-corrected chi connectivity index (χ0v) is 14.3. The van der Waals surface area contributed by atoms with Crippen LogP contribution in [0, 0.1) is 6.92 Å². The second-order valence-corrected chi connectivity index (χ2v) is 7.02. The van der Waals surface area contributed by atoms with E-state index in [0.717, 1.165) is 16.8 Å². The molecule has 2 aromatic carbocycles. The fraction of sp³-hybridized carbons (Fsp3) is 0.235. The molecule has 0 aliphatic heterocycles. The minimum absolute atomic E-state index is 0.0812. The number of hydrogen-bond acceptors (Lipinski definition) is 4. The van der Waals surface area contributed by atoms with Crippen LogP contribution in [0.15, 0.2) is 53.4 Å². The highest BCUT2D eigenvalue weighted by molar-refractivity contribution is 7.89. The first-order chi connectivity index (χ1) is 11.4.